The molecular formula is C29H44BCl2F5N4+2. The molecule has 2 aromatic rings. The number of rotatable bonds is 6. The summed E-state index contributed by atoms with van der Waals surface area (Å²) in [6.45, 7) is 10.1. The van der Waals surface area contributed by atoms with E-state index in [1.165, 1.54) is 50.3 Å². The number of fused-ring (bicyclic) bond motifs is 6. The second kappa shape index (κ2) is 15.9. The van der Waals surface area contributed by atoms with Crippen LogP contribution in [0.1, 0.15) is 18.6 Å². The molecule has 0 N–H and O–H groups in total. The van der Waals surface area contributed by atoms with Crippen LogP contribution >= 0.6 is 23.2 Å². The minimum atomic E-state index is -3.67. The molecule has 6 saturated heterocycles. The lowest BCUT2D eigenvalue weighted by molar-refractivity contribution is -1.16. The molecule has 4 bridgehead atoms. The molecule has 0 spiro atoms. The van der Waals surface area contributed by atoms with Crippen LogP contribution in [-0.2, 0) is 12.8 Å². The average molecular weight is 625 g/mol. The van der Waals surface area contributed by atoms with Gasteiger partial charge in [0, 0.05) is 19.5 Å². The van der Waals surface area contributed by atoms with Gasteiger partial charge in [-0.1, -0.05) is 91.3 Å². The number of quaternary nitrogens is 3. The molecule has 41 heavy (non-hydrogen) atoms. The molecule has 2 aromatic carbocycles. The molecule has 0 aliphatic carbocycles. The van der Waals surface area contributed by atoms with Crippen LogP contribution in [0.2, 0.25) is 0 Å². The van der Waals surface area contributed by atoms with E-state index >= 15 is 0 Å². The first-order valence-electron chi connectivity index (χ1n) is 13.8. The molecular weight excluding hydrogens is 581 g/mol. The Morgan fingerprint density at radius 1 is 0.707 bits per heavy atom. The van der Waals surface area contributed by atoms with Crippen LogP contribution in [0.15, 0.2) is 60.7 Å². The third kappa shape index (κ3) is 9.28. The Bertz CT molecular complexity index is 1010. The Hall–Kier alpha value is -1.43. The molecule has 8 rings (SSSR count). The second-order valence-corrected chi connectivity index (χ2v) is 12.0. The first-order valence-corrected chi connectivity index (χ1v) is 14.9. The standard InChI is InChI=1S/C14H20ClFN2.C14H20ClN2.CH4.BF3.FH/c15-12-17-6-8-18(16,9-7-17)14(11-17)10-13-4-2-1-3-5-13;15-12-17-8-6-16(7-9-17)14(11-17)10-13-4-2-1-3-5-13;;2-1(3)4;/h1-5,14H,6-12H2;1-5,14H,6-12H2;1H4;;1H/q+2;+1;;;/p-1. The average Bonchev–Trinajstić information content (AvgIpc) is 2.96. The highest BCUT2D eigenvalue weighted by Crippen LogP contribution is 2.34. The van der Waals surface area contributed by atoms with Crippen molar-refractivity contribution in [3.63, 3.8) is 0 Å². The predicted octanol–water partition coefficient (Wildman–Crippen LogP) is 2.80. The molecule has 6 aliphatic rings. The van der Waals surface area contributed by atoms with Crippen LogP contribution in [0, 0.1) is 0 Å². The third-order valence-corrected chi connectivity index (χ3v) is 10.1. The fourth-order valence-electron chi connectivity index (χ4n) is 6.67. The van der Waals surface area contributed by atoms with Gasteiger partial charge in [0.05, 0.1) is 25.7 Å². The predicted molar refractivity (Wildman–Crippen MR) is 158 cm³/mol. The van der Waals surface area contributed by atoms with Crippen molar-refractivity contribution in [1.82, 2.24) is 4.90 Å². The number of hydrogen-bond acceptors (Lipinski definition) is 1. The number of hydrogen-bond donors (Lipinski definition) is 0. The van der Waals surface area contributed by atoms with Gasteiger partial charge >= 0.3 is 7.54 Å². The molecule has 6 heterocycles. The molecule has 12 heteroatoms. The fourth-order valence-corrected chi connectivity index (χ4v) is 7.34. The maximum Gasteiger partial charge on any atom is 0.762 e. The van der Waals surface area contributed by atoms with Crippen molar-refractivity contribution in [1.29, 1.82) is 0 Å². The van der Waals surface area contributed by atoms with E-state index in [1.54, 1.807) is 0 Å². The Labute approximate surface area is 252 Å². The minimum Gasteiger partial charge on any atom is -1.00 e. The van der Waals surface area contributed by atoms with Crippen molar-refractivity contribution in [2.75, 3.05) is 77.5 Å². The number of benzene rings is 2. The quantitative estimate of drug-likeness (QED) is 0.119. The SMILES string of the molecule is C.ClC[N+]12CCN(CC1)C(Cc1ccccc1)C2.FB(F)F.F[N+]12CC[N+](CCl)(CC1)CC2Cc1ccccc1.[F-]. The van der Waals surface area contributed by atoms with Gasteiger partial charge in [0.25, 0.3) is 0 Å². The maximum atomic E-state index is 14.9. The lowest BCUT2D eigenvalue weighted by Crippen LogP contribution is -3.00. The fraction of sp³-hybridized carbons (Fsp3) is 0.586. The summed E-state index contributed by atoms with van der Waals surface area (Å²) >= 11 is 12.3. The Morgan fingerprint density at radius 2 is 1.15 bits per heavy atom. The molecule has 2 atom stereocenters. The highest BCUT2D eigenvalue weighted by Gasteiger charge is 2.57. The lowest BCUT2D eigenvalue weighted by Gasteiger charge is -2.53. The van der Waals surface area contributed by atoms with Gasteiger partial charge in [0.2, 0.25) is 0 Å². The second-order valence-electron chi connectivity index (χ2n) is 11.5. The molecule has 4 nitrogen and oxygen atoms in total. The Kier molecular flexibility index (Phi) is 13.8. The molecule has 6 aliphatic heterocycles. The summed E-state index contributed by atoms with van der Waals surface area (Å²) in [7, 11) is -3.67. The number of nitrogens with zero attached hydrogens (tertiary/aromatic N) is 4. The molecule has 0 amide bonds. The van der Waals surface area contributed by atoms with E-state index in [1.807, 2.05) is 18.2 Å². The summed E-state index contributed by atoms with van der Waals surface area (Å²) < 4.78 is 45.7. The topological polar surface area (TPSA) is 3.24 Å². The summed E-state index contributed by atoms with van der Waals surface area (Å²) in [4.78, 5) is 2.65. The van der Waals surface area contributed by atoms with E-state index in [-0.39, 0.29) is 22.9 Å². The summed E-state index contributed by atoms with van der Waals surface area (Å²) in [5.74, 6) is 0. The number of piperazine rings is 6. The van der Waals surface area contributed by atoms with Gasteiger partial charge in [0.15, 0.2) is 31.1 Å². The zero-order valence-electron chi connectivity index (χ0n) is 22.8. The molecule has 0 radical (unpaired) electrons. The molecule has 6 fully saturated rings. The van der Waals surface area contributed by atoms with Gasteiger partial charge in [0.1, 0.15) is 19.6 Å². The van der Waals surface area contributed by atoms with Crippen molar-refractivity contribution in [2.45, 2.75) is 32.4 Å². The van der Waals surface area contributed by atoms with Crippen LogP contribution in [0.3, 0.4) is 0 Å². The van der Waals surface area contributed by atoms with E-state index in [0.29, 0.717) is 25.1 Å². The highest BCUT2D eigenvalue weighted by molar-refractivity contribution is 6.33. The van der Waals surface area contributed by atoms with Crippen molar-refractivity contribution in [3.05, 3.63) is 71.8 Å². The Balaban J connectivity index is 0.000000244. The summed E-state index contributed by atoms with van der Waals surface area (Å²) in [6, 6.07) is 23.3. The van der Waals surface area contributed by atoms with Crippen molar-refractivity contribution >= 4 is 30.7 Å². The molecule has 0 aromatic heterocycles. The summed E-state index contributed by atoms with van der Waals surface area (Å²) in [5.41, 5.74) is 2.69. The first-order chi connectivity index (χ1) is 18.7. The van der Waals surface area contributed by atoms with Crippen LogP contribution in [-0.4, -0.2) is 116 Å². The maximum absolute atomic E-state index is 14.9. The van der Waals surface area contributed by atoms with Gasteiger partial charge in [-0.25, -0.2) is 0 Å². The Morgan fingerprint density at radius 3 is 1.61 bits per heavy atom. The van der Waals surface area contributed by atoms with E-state index in [4.69, 9.17) is 23.2 Å². The normalized spacial score (nSPS) is 32.7. The van der Waals surface area contributed by atoms with Crippen molar-refractivity contribution < 1.29 is 35.8 Å². The van der Waals surface area contributed by atoms with Crippen LogP contribution in [0.25, 0.3) is 0 Å². The van der Waals surface area contributed by atoms with E-state index in [2.05, 4.69) is 47.4 Å². The molecule has 2 unspecified atom stereocenters. The summed E-state index contributed by atoms with van der Waals surface area (Å²) in [5, 5.41) is 0. The van der Waals surface area contributed by atoms with Gasteiger partial charge in [-0.15, -0.1) is 4.71 Å². The van der Waals surface area contributed by atoms with Crippen molar-refractivity contribution in [2.24, 2.45) is 0 Å². The molecule has 230 valence electrons. The van der Waals surface area contributed by atoms with Gasteiger partial charge < -0.3 is 9.19 Å². The van der Waals surface area contributed by atoms with E-state index in [0.717, 1.165) is 41.0 Å². The minimum absolute atomic E-state index is 0. The first kappa shape index (κ1) is 35.8. The van der Waals surface area contributed by atoms with Gasteiger partial charge in [-0.3, -0.25) is 22.3 Å². The summed E-state index contributed by atoms with van der Waals surface area (Å²) in [6.07, 6.45) is 2.01. The van der Waals surface area contributed by atoms with Crippen LogP contribution in [0.4, 0.5) is 17.4 Å². The number of halogens is 7. The highest BCUT2D eigenvalue weighted by atomic mass is 35.5. The molecule has 0 saturated carbocycles. The largest absolute Gasteiger partial charge is 1.00 e. The van der Waals surface area contributed by atoms with Gasteiger partial charge in [-0.05, 0) is 22.0 Å². The van der Waals surface area contributed by atoms with Crippen LogP contribution in [0.5, 0.6) is 0 Å². The third-order valence-electron chi connectivity index (χ3n) is 9.12. The lowest BCUT2D eigenvalue weighted by atomic mass is 9.97. The monoisotopic (exact) mass is 624 g/mol. The van der Waals surface area contributed by atoms with Gasteiger partial charge in [-0.2, -0.15) is 0 Å². The van der Waals surface area contributed by atoms with Crippen LogP contribution < -0.4 is 4.70 Å². The van der Waals surface area contributed by atoms with Crippen molar-refractivity contribution in [3.8, 4) is 0 Å². The number of alkyl halides is 2. The smallest absolute Gasteiger partial charge is 0.762 e. The zero-order valence-corrected chi connectivity index (χ0v) is 24.4. The van der Waals surface area contributed by atoms with E-state index < -0.39 is 7.54 Å². The van der Waals surface area contributed by atoms with E-state index in [9.17, 15) is 17.4 Å². The zero-order chi connectivity index (χ0) is 27.9.